The number of fused-ring (bicyclic) bond motifs is 1. The van der Waals surface area contributed by atoms with Crippen LogP contribution in [0.15, 0.2) is 60.9 Å². The van der Waals surface area contributed by atoms with E-state index in [4.69, 9.17) is 9.84 Å². The van der Waals surface area contributed by atoms with Crippen LogP contribution in [0.25, 0.3) is 16.8 Å². The van der Waals surface area contributed by atoms with Gasteiger partial charge in [0.1, 0.15) is 11.3 Å². The summed E-state index contributed by atoms with van der Waals surface area (Å²) in [6, 6.07) is 16.3. The molecule has 35 heavy (non-hydrogen) atoms. The summed E-state index contributed by atoms with van der Waals surface area (Å²) in [5.41, 5.74) is 6.59. The van der Waals surface area contributed by atoms with Gasteiger partial charge < -0.3 is 15.0 Å². The predicted octanol–water partition coefficient (Wildman–Crippen LogP) is 4.55. The highest BCUT2D eigenvalue weighted by atomic mass is 16.5. The van der Waals surface area contributed by atoms with Crippen LogP contribution in [0.1, 0.15) is 29.5 Å². The quantitative estimate of drug-likeness (QED) is 0.448. The monoisotopic (exact) mass is 469 g/mol. The Balaban J connectivity index is 1.24. The van der Waals surface area contributed by atoms with Gasteiger partial charge in [-0.1, -0.05) is 35.9 Å². The van der Waals surface area contributed by atoms with Crippen LogP contribution in [0.5, 0.6) is 5.75 Å². The number of methoxy groups -OCH3 is 1. The number of ether oxygens (including phenoxy) is 1. The van der Waals surface area contributed by atoms with E-state index in [0.717, 1.165) is 59.8 Å². The summed E-state index contributed by atoms with van der Waals surface area (Å²) in [4.78, 5) is 19.7. The van der Waals surface area contributed by atoms with E-state index in [2.05, 4.69) is 53.3 Å². The van der Waals surface area contributed by atoms with Crippen LogP contribution in [0.4, 0.5) is 5.82 Å². The maximum Gasteiger partial charge on any atom is 0.223 e. The van der Waals surface area contributed by atoms with Gasteiger partial charge in [0, 0.05) is 43.5 Å². The van der Waals surface area contributed by atoms with E-state index >= 15 is 0 Å². The van der Waals surface area contributed by atoms with Gasteiger partial charge in [0.05, 0.1) is 12.8 Å². The number of carbonyl (C=O) groups is 1. The SMILES string of the molecule is COc1ccc(CNC(=O)C2CCN(c3nccn4nc(-c5ccc(C)cc5C)cc34)CC2)cc1. The molecule has 0 spiro atoms. The lowest BCUT2D eigenvalue weighted by Crippen LogP contribution is -2.40. The topological polar surface area (TPSA) is 71.8 Å². The number of hydrogen-bond acceptors (Lipinski definition) is 5. The Bertz CT molecular complexity index is 1340. The van der Waals surface area contributed by atoms with Gasteiger partial charge in [0.2, 0.25) is 5.91 Å². The highest BCUT2D eigenvalue weighted by Crippen LogP contribution is 2.30. The third-order valence-electron chi connectivity index (χ3n) is 6.82. The van der Waals surface area contributed by atoms with E-state index in [9.17, 15) is 4.79 Å². The summed E-state index contributed by atoms with van der Waals surface area (Å²) < 4.78 is 7.10. The number of amides is 1. The highest BCUT2D eigenvalue weighted by Gasteiger charge is 2.26. The fourth-order valence-corrected chi connectivity index (χ4v) is 4.81. The van der Waals surface area contributed by atoms with E-state index in [0.29, 0.717) is 6.54 Å². The maximum absolute atomic E-state index is 12.8. The number of aromatic nitrogens is 3. The fourth-order valence-electron chi connectivity index (χ4n) is 4.81. The molecule has 5 rings (SSSR count). The van der Waals surface area contributed by atoms with Crippen molar-refractivity contribution in [1.29, 1.82) is 0 Å². The van der Waals surface area contributed by atoms with Gasteiger partial charge >= 0.3 is 0 Å². The molecule has 0 radical (unpaired) electrons. The molecule has 2 aromatic heterocycles. The van der Waals surface area contributed by atoms with Crippen LogP contribution < -0.4 is 15.0 Å². The first-order chi connectivity index (χ1) is 17.0. The van der Waals surface area contributed by atoms with Crippen molar-refractivity contribution in [2.24, 2.45) is 5.92 Å². The minimum Gasteiger partial charge on any atom is -0.497 e. The average Bonchev–Trinajstić information content (AvgIpc) is 3.32. The van der Waals surface area contributed by atoms with Crippen molar-refractivity contribution in [3.63, 3.8) is 0 Å². The molecule has 1 fully saturated rings. The smallest absolute Gasteiger partial charge is 0.223 e. The minimum absolute atomic E-state index is 0.0138. The molecule has 3 heterocycles. The first-order valence-corrected chi connectivity index (χ1v) is 12.1. The molecule has 7 heteroatoms. The molecule has 0 aliphatic carbocycles. The van der Waals surface area contributed by atoms with E-state index in [1.165, 1.54) is 11.1 Å². The van der Waals surface area contributed by atoms with E-state index in [1.54, 1.807) is 13.3 Å². The molecule has 1 N–H and O–H groups in total. The van der Waals surface area contributed by atoms with Crippen LogP contribution in [0, 0.1) is 19.8 Å². The Morgan fingerprint density at radius 1 is 1.09 bits per heavy atom. The molecular formula is C28H31N5O2. The molecule has 180 valence electrons. The maximum atomic E-state index is 12.8. The van der Waals surface area contributed by atoms with Crippen LogP contribution >= 0.6 is 0 Å². The molecule has 0 unspecified atom stereocenters. The molecule has 1 aliphatic heterocycles. The summed E-state index contributed by atoms with van der Waals surface area (Å²) in [7, 11) is 1.65. The van der Waals surface area contributed by atoms with Gasteiger partial charge in [-0.25, -0.2) is 9.50 Å². The Morgan fingerprint density at radius 3 is 2.57 bits per heavy atom. The van der Waals surface area contributed by atoms with E-state index in [1.807, 2.05) is 35.0 Å². The second kappa shape index (κ2) is 9.78. The zero-order valence-electron chi connectivity index (χ0n) is 20.5. The van der Waals surface area contributed by atoms with Crippen molar-refractivity contribution in [1.82, 2.24) is 19.9 Å². The molecule has 2 aromatic carbocycles. The summed E-state index contributed by atoms with van der Waals surface area (Å²) in [5, 5.41) is 7.91. The normalized spacial score (nSPS) is 14.3. The Labute approximate surface area is 205 Å². The lowest BCUT2D eigenvalue weighted by atomic mass is 9.95. The Morgan fingerprint density at radius 2 is 1.86 bits per heavy atom. The lowest BCUT2D eigenvalue weighted by Gasteiger charge is -2.32. The predicted molar refractivity (Wildman–Crippen MR) is 138 cm³/mol. The fraction of sp³-hybridized carbons (Fsp3) is 0.321. The summed E-state index contributed by atoms with van der Waals surface area (Å²) >= 11 is 0. The van der Waals surface area contributed by atoms with Crippen molar-refractivity contribution >= 4 is 17.2 Å². The van der Waals surface area contributed by atoms with E-state index in [-0.39, 0.29) is 11.8 Å². The Kier molecular flexibility index (Phi) is 6.40. The Hall–Kier alpha value is -3.87. The molecule has 0 atom stereocenters. The van der Waals surface area contributed by atoms with Gasteiger partial charge in [0.15, 0.2) is 5.82 Å². The van der Waals surface area contributed by atoms with Gasteiger partial charge in [0.25, 0.3) is 0 Å². The number of aryl methyl sites for hydroxylation is 2. The van der Waals surface area contributed by atoms with Crippen molar-refractivity contribution in [3.8, 4) is 17.0 Å². The molecule has 0 bridgehead atoms. The number of hydrogen-bond donors (Lipinski definition) is 1. The molecule has 1 amide bonds. The number of rotatable bonds is 6. The second-order valence-corrected chi connectivity index (χ2v) is 9.26. The zero-order chi connectivity index (χ0) is 24.4. The lowest BCUT2D eigenvalue weighted by molar-refractivity contribution is -0.125. The minimum atomic E-state index is 0.0138. The number of nitrogens with zero attached hydrogens (tertiary/aromatic N) is 4. The number of nitrogens with one attached hydrogen (secondary N) is 1. The number of piperidine rings is 1. The summed E-state index contributed by atoms with van der Waals surface area (Å²) in [6.07, 6.45) is 5.30. The molecule has 0 saturated carbocycles. The standard InChI is InChI=1S/C28H31N5O2/c1-19-4-9-24(20(2)16-19)25-17-26-27(29-12-15-33(26)31-25)32-13-10-22(11-14-32)28(34)30-18-21-5-7-23(35-3)8-6-21/h4-9,12,15-17,22H,10-11,13-14,18H2,1-3H3,(H,30,34). The number of anilines is 1. The molecular weight excluding hydrogens is 438 g/mol. The number of carbonyl (C=O) groups excluding carboxylic acids is 1. The third-order valence-corrected chi connectivity index (χ3v) is 6.82. The van der Waals surface area contributed by atoms with Crippen LogP contribution in [0.2, 0.25) is 0 Å². The summed E-state index contributed by atoms with van der Waals surface area (Å²) in [6.45, 7) is 6.33. The van der Waals surface area contributed by atoms with Crippen molar-refractivity contribution in [3.05, 3.63) is 77.6 Å². The van der Waals surface area contributed by atoms with Crippen molar-refractivity contribution < 1.29 is 9.53 Å². The van der Waals surface area contributed by atoms with Crippen molar-refractivity contribution in [2.75, 3.05) is 25.1 Å². The van der Waals surface area contributed by atoms with Crippen LogP contribution in [0.3, 0.4) is 0 Å². The first kappa shape index (κ1) is 22.9. The third kappa shape index (κ3) is 4.85. The summed E-state index contributed by atoms with van der Waals surface area (Å²) in [5.74, 6) is 1.87. The van der Waals surface area contributed by atoms with E-state index < -0.39 is 0 Å². The van der Waals surface area contributed by atoms with Gasteiger partial charge in [-0.3, -0.25) is 4.79 Å². The first-order valence-electron chi connectivity index (χ1n) is 12.1. The zero-order valence-corrected chi connectivity index (χ0v) is 20.5. The molecule has 1 aliphatic rings. The van der Waals surface area contributed by atoms with Crippen LogP contribution in [-0.4, -0.2) is 40.7 Å². The van der Waals surface area contributed by atoms with Crippen LogP contribution in [-0.2, 0) is 11.3 Å². The highest BCUT2D eigenvalue weighted by molar-refractivity contribution is 5.80. The van der Waals surface area contributed by atoms with Gasteiger partial charge in [-0.2, -0.15) is 5.10 Å². The molecule has 4 aromatic rings. The van der Waals surface area contributed by atoms with Gasteiger partial charge in [-0.05, 0) is 56.0 Å². The number of benzene rings is 2. The van der Waals surface area contributed by atoms with Crippen molar-refractivity contribution in [2.45, 2.75) is 33.2 Å². The molecule has 1 saturated heterocycles. The van der Waals surface area contributed by atoms with Gasteiger partial charge in [-0.15, -0.1) is 0 Å². The second-order valence-electron chi connectivity index (χ2n) is 9.26. The average molecular weight is 470 g/mol. The molecule has 7 nitrogen and oxygen atoms in total. The largest absolute Gasteiger partial charge is 0.497 e.